The van der Waals surface area contributed by atoms with Gasteiger partial charge in [0.2, 0.25) is 0 Å². The highest BCUT2D eigenvalue weighted by atomic mass is 32.1. The molecule has 0 aliphatic heterocycles. The van der Waals surface area contributed by atoms with E-state index >= 15 is 0 Å². The van der Waals surface area contributed by atoms with E-state index in [1.165, 1.54) is 13.0 Å². The number of hydrogen-bond donors (Lipinski definition) is 1. The summed E-state index contributed by atoms with van der Waals surface area (Å²) in [6.07, 6.45) is -4.39. The average molecular weight is 263 g/mol. The Kier molecular flexibility index (Phi) is 4.45. The van der Waals surface area contributed by atoms with Crippen LogP contribution in [0.15, 0.2) is 29.2 Å². The van der Waals surface area contributed by atoms with Crippen molar-refractivity contribution in [2.75, 3.05) is 13.1 Å². The van der Waals surface area contributed by atoms with Crippen molar-refractivity contribution in [1.29, 1.82) is 0 Å². The van der Waals surface area contributed by atoms with Crippen LogP contribution in [0.5, 0.6) is 0 Å². The summed E-state index contributed by atoms with van der Waals surface area (Å²) in [5.41, 5.74) is 0.182. The Morgan fingerprint density at radius 1 is 1.35 bits per heavy atom. The van der Waals surface area contributed by atoms with E-state index in [1.807, 2.05) is 0 Å². The van der Waals surface area contributed by atoms with Crippen molar-refractivity contribution >= 4 is 18.5 Å². The number of nitrogens with zero attached hydrogens (tertiary/aromatic N) is 1. The first-order valence-electron chi connectivity index (χ1n) is 4.99. The normalized spacial score (nSPS) is 11.4. The smallest absolute Gasteiger partial charge is 0.330 e. The van der Waals surface area contributed by atoms with Gasteiger partial charge in [0.15, 0.2) is 0 Å². The highest BCUT2D eigenvalue weighted by Crippen LogP contribution is 2.20. The van der Waals surface area contributed by atoms with E-state index in [1.54, 1.807) is 18.2 Å². The molecule has 6 heteroatoms. The third-order valence-corrected chi connectivity index (χ3v) is 2.56. The number of alkyl halides is 3. The first kappa shape index (κ1) is 13.9. The Labute approximate surface area is 103 Å². The van der Waals surface area contributed by atoms with Crippen LogP contribution in [0.4, 0.5) is 13.2 Å². The maximum atomic E-state index is 12.3. The fourth-order valence-electron chi connectivity index (χ4n) is 1.37. The molecular formula is C11H12F3NOS. The number of halogens is 3. The highest BCUT2D eigenvalue weighted by molar-refractivity contribution is 7.80. The number of benzene rings is 1. The maximum absolute atomic E-state index is 12.3. The van der Waals surface area contributed by atoms with E-state index in [-0.39, 0.29) is 12.1 Å². The van der Waals surface area contributed by atoms with Crippen LogP contribution in [0.25, 0.3) is 0 Å². The average Bonchev–Trinajstić information content (AvgIpc) is 2.24. The predicted octanol–water partition coefficient (Wildman–Crippen LogP) is 3.00. The topological polar surface area (TPSA) is 20.3 Å². The zero-order valence-electron chi connectivity index (χ0n) is 9.16. The summed E-state index contributed by atoms with van der Waals surface area (Å²) < 4.78 is 36.8. The zero-order chi connectivity index (χ0) is 13.1. The molecule has 0 atom stereocenters. The molecule has 94 valence electrons. The third-order valence-electron chi connectivity index (χ3n) is 2.17. The van der Waals surface area contributed by atoms with Crippen molar-refractivity contribution < 1.29 is 18.0 Å². The number of rotatable bonds is 3. The van der Waals surface area contributed by atoms with Gasteiger partial charge in [-0.3, -0.25) is 4.79 Å². The molecule has 0 radical (unpaired) electrons. The van der Waals surface area contributed by atoms with Crippen LogP contribution in [0.3, 0.4) is 0 Å². The zero-order valence-corrected chi connectivity index (χ0v) is 10.1. The monoisotopic (exact) mass is 263 g/mol. The lowest BCUT2D eigenvalue weighted by Gasteiger charge is -2.22. The van der Waals surface area contributed by atoms with E-state index in [2.05, 4.69) is 12.6 Å². The van der Waals surface area contributed by atoms with Crippen LogP contribution in [0.1, 0.15) is 17.3 Å². The number of thiol groups is 1. The first-order chi connectivity index (χ1) is 7.85. The van der Waals surface area contributed by atoms with Crippen LogP contribution in [-0.2, 0) is 0 Å². The molecule has 1 aromatic carbocycles. The number of carbonyl (C=O) groups is 1. The van der Waals surface area contributed by atoms with Gasteiger partial charge in [0.25, 0.3) is 5.91 Å². The molecule has 17 heavy (non-hydrogen) atoms. The first-order valence-corrected chi connectivity index (χ1v) is 5.44. The molecule has 1 rings (SSSR count). The molecule has 0 aliphatic carbocycles. The van der Waals surface area contributed by atoms with Gasteiger partial charge < -0.3 is 4.90 Å². The molecule has 1 aromatic rings. The minimum Gasteiger partial charge on any atom is -0.330 e. The van der Waals surface area contributed by atoms with E-state index in [0.717, 1.165) is 4.90 Å². The van der Waals surface area contributed by atoms with Gasteiger partial charge in [-0.2, -0.15) is 13.2 Å². The van der Waals surface area contributed by atoms with Gasteiger partial charge in [0.1, 0.15) is 6.54 Å². The van der Waals surface area contributed by atoms with E-state index in [4.69, 9.17) is 0 Å². The summed E-state index contributed by atoms with van der Waals surface area (Å²) in [5.74, 6) is -0.657. The van der Waals surface area contributed by atoms with Crippen molar-refractivity contribution in [3.8, 4) is 0 Å². The Balaban J connectivity index is 2.91. The summed E-state index contributed by atoms with van der Waals surface area (Å²) in [5, 5.41) is 0. The molecule has 0 bridgehead atoms. The van der Waals surface area contributed by atoms with Gasteiger partial charge in [-0.1, -0.05) is 12.1 Å². The van der Waals surface area contributed by atoms with E-state index in [9.17, 15) is 18.0 Å². The molecule has 0 unspecified atom stereocenters. The van der Waals surface area contributed by atoms with Crippen molar-refractivity contribution in [2.24, 2.45) is 0 Å². The number of carbonyl (C=O) groups excluding carboxylic acids is 1. The maximum Gasteiger partial charge on any atom is 0.406 e. The number of hydrogen-bond acceptors (Lipinski definition) is 2. The van der Waals surface area contributed by atoms with Crippen LogP contribution in [-0.4, -0.2) is 30.1 Å². The molecule has 0 heterocycles. The molecule has 0 spiro atoms. The Bertz CT molecular complexity index is 406. The second-order valence-corrected chi connectivity index (χ2v) is 3.93. The standard InChI is InChI=1S/C11H12F3NOS/c1-2-15(7-11(12,13)14)10(16)8-5-3-4-6-9(8)17/h3-6,17H,2,7H2,1H3. The van der Waals surface area contributed by atoms with Gasteiger partial charge in [-0.05, 0) is 19.1 Å². The van der Waals surface area contributed by atoms with Gasteiger partial charge in [0, 0.05) is 11.4 Å². The minimum atomic E-state index is -4.39. The largest absolute Gasteiger partial charge is 0.406 e. The van der Waals surface area contributed by atoms with Crippen LogP contribution in [0, 0.1) is 0 Å². The summed E-state index contributed by atoms with van der Waals surface area (Å²) >= 11 is 4.05. The van der Waals surface area contributed by atoms with Gasteiger partial charge in [-0.25, -0.2) is 0 Å². The lowest BCUT2D eigenvalue weighted by atomic mass is 10.2. The lowest BCUT2D eigenvalue weighted by Crippen LogP contribution is -2.38. The summed E-state index contributed by atoms with van der Waals surface area (Å²) in [6.45, 7) is 0.260. The van der Waals surface area contributed by atoms with Crippen molar-refractivity contribution in [1.82, 2.24) is 4.90 Å². The van der Waals surface area contributed by atoms with Gasteiger partial charge in [0.05, 0.1) is 5.56 Å². The fraction of sp³-hybridized carbons (Fsp3) is 0.364. The predicted molar refractivity (Wildman–Crippen MR) is 61.3 cm³/mol. The Morgan fingerprint density at radius 3 is 2.41 bits per heavy atom. The molecule has 0 aromatic heterocycles. The van der Waals surface area contributed by atoms with Gasteiger partial charge >= 0.3 is 6.18 Å². The van der Waals surface area contributed by atoms with Crippen molar-refractivity contribution in [3.05, 3.63) is 29.8 Å². The quantitative estimate of drug-likeness (QED) is 0.831. The van der Waals surface area contributed by atoms with Crippen molar-refractivity contribution in [2.45, 2.75) is 18.0 Å². The molecule has 0 N–H and O–H groups in total. The minimum absolute atomic E-state index is 0.000452. The Morgan fingerprint density at radius 2 is 1.94 bits per heavy atom. The lowest BCUT2D eigenvalue weighted by molar-refractivity contribution is -0.140. The molecule has 1 amide bonds. The molecule has 0 fully saturated rings. The summed E-state index contributed by atoms with van der Waals surface area (Å²) in [6, 6.07) is 6.29. The van der Waals surface area contributed by atoms with Crippen LogP contribution in [0.2, 0.25) is 0 Å². The number of amides is 1. The fourth-order valence-corrected chi connectivity index (χ4v) is 1.62. The van der Waals surface area contributed by atoms with Crippen molar-refractivity contribution in [3.63, 3.8) is 0 Å². The molecule has 0 aliphatic rings. The molecule has 0 saturated heterocycles. The molecular weight excluding hydrogens is 251 g/mol. The van der Waals surface area contributed by atoms with Gasteiger partial charge in [-0.15, -0.1) is 12.6 Å². The molecule has 2 nitrogen and oxygen atoms in total. The van der Waals surface area contributed by atoms with Crippen LogP contribution < -0.4 is 0 Å². The summed E-state index contributed by atoms with van der Waals surface area (Å²) in [7, 11) is 0. The second kappa shape index (κ2) is 5.44. The van der Waals surface area contributed by atoms with Crippen LogP contribution >= 0.6 is 12.6 Å². The highest BCUT2D eigenvalue weighted by Gasteiger charge is 2.32. The SMILES string of the molecule is CCN(CC(F)(F)F)C(=O)c1ccccc1S. The summed E-state index contributed by atoms with van der Waals surface area (Å²) in [4.78, 5) is 13.0. The second-order valence-electron chi connectivity index (χ2n) is 3.45. The third kappa shape index (κ3) is 3.96. The van der Waals surface area contributed by atoms with E-state index < -0.39 is 18.6 Å². The Hall–Kier alpha value is -1.17. The molecule has 0 saturated carbocycles. The van der Waals surface area contributed by atoms with E-state index in [0.29, 0.717) is 4.90 Å².